The number of nitrogens with one attached hydrogen (secondary N) is 1. The van der Waals surface area contributed by atoms with Crippen LogP contribution in [0.25, 0.3) is 0 Å². The van der Waals surface area contributed by atoms with Crippen LogP contribution in [0.15, 0.2) is 40.5 Å². The lowest BCUT2D eigenvalue weighted by molar-refractivity contribution is 0.104. The topological polar surface area (TPSA) is 137 Å². The van der Waals surface area contributed by atoms with Gasteiger partial charge < -0.3 is 9.73 Å². The Kier molecular flexibility index (Phi) is 6.70. The summed E-state index contributed by atoms with van der Waals surface area (Å²) >= 11 is 1.38. The molecular formula is C21H24N4O5S2. The smallest absolute Gasteiger partial charge is 0.333 e. The first-order chi connectivity index (χ1) is 15.3. The Hall–Kier alpha value is -2.60. The molecule has 0 bridgehead atoms. The van der Waals surface area contributed by atoms with Crippen LogP contribution in [0.4, 0.5) is 5.82 Å². The van der Waals surface area contributed by atoms with E-state index in [4.69, 9.17) is 13.7 Å². The number of nitrogens with two attached hydrogens (primary N) is 1. The van der Waals surface area contributed by atoms with Crippen LogP contribution in [0.5, 0.6) is 0 Å². The molecule has 4 rings (SSSR count). The number of thiophene rings is 1. The second kappa shape index (κ2) is 9.49. The highest BCUT2D eigenvalue weighted by Crippen LogP contribution is 2.30. The van der Waals surface area contributed by atoms with Crippen molar-refractivity contribution in [2.75, 3.05) is 11.9 Å². The molecule has 1 fully saturated rings. The predicted octanol–water partition coefficient (Wildman–Crippen LogP) is 3.06. The number of aryl methyl sites for hydroxylation is 1. The molecule has 9 nitrogen and oxygen atoms in total. The summed E-state index contributed by atoms with van der Waals surface area (Å²) in [4.78, 5) is 22.1. The van der Waals surface area contributed by atoms with Crippen molar-refractivity contribution in [2.45, 2.75) is 38.6 Å². The molecule has 170 valence electrons. The highest BCUT2D eigenvalue weighted by atomic mass is 32.2. The Labute approximate surface area is 190 Å². The minimum absolute atomic E-state index is 0.0478. The first-order valence-corrected chi connectivity index (χ1v) is 12.5. The van der Waals surface area contributed by atoms with E-state index in [1.165, 1.54) is 23.9 Å². The van der Waals surface area contributed by atoms with Gasteiger partial charge in [-0.1, -0.05) is 0 Å². The van der Waals surface area contributed by atoms with Crippen molar-refractivity contribution in [1.29, 1.82) is 0 Å². The van der Waals surface area contributed by atoms with Gasteiger partial charge in [0.15, 0.2) is 0 Å². The zero-order valence-corrected chi connectivity index (χ0v) is 19.1. The molecule has 3 N–H and O–H groups in total. The molecule has 0 spiro atoms. The normalized spacial score (nSPS) is 18.7. The molecule has 1 saturated carbocycles. The molecule has 0 radical (unpaired) electrons. The van der Waals surface area contributed by atoms with E-state index in [-0.39, 0.29) is 24.3 Å². The van der Waals surface area contributed by atoms with Gasteiger partial charge in [0, 0.05) is 18.7 Å². The molecule has 1 unspecified atom stereocenters. The largest absolute Gasteiger partial charge is 0.466 e. The third kappa shape index (κ3) is 5.80. The van der Waals surface area contributed by atoms with Gasteiger partial charge in [-0.3, -0.25) is 8.98 Å². The Balaban J connectivity index is 1.42. The fourth-order valence-corrected chi connectivity index (χ4v) is 5.10. The van der Waals surface area contributed by atoms with E-state index in [2.05, 4.69) is 15.3 Å². The molecule has 0 aliphatic heterocycles. The van der Waals surface area contributed by atoms with E-state index in [1.807, 2.05) is 30.5 Å². The number of nitrogens with zero attached hydrogens (tertiary/aromatic N) is 2. The average molecular weight is 477 g/mol. The molecule has 0 aromatic carbocycles. The Morgan fingerprint density at radius 2 is 2.22 bits per heavy atom. The summed E-state index contributed by atoms with van der Waals surface area (Å²) < 4.78 is 32.3. The van der Waals surface area contributed by atoms with E-state index in [0.29, 0.717) is 29.1 Å². The molecule has 1 aliphatic carbocycles. The van der Waals surface area contributed by atoms with E-state index >= 15 is 0 Å². The molecule has 1 aliphatic rings. The fraction of sp³-hybridized carbons (Fsp3) is 0.381. The molecule has 3 aromatic heterocycles. The Bertz CT molecular complexity index is 1200. The second-order valence-electron chi connectivity index (χ2n) is 7.92. The number of aromatic nitrogens is 2. The van der Waals surface area contributed by atoms with Gasteiger partial charge in [0.2, 0.25) is 5.78 Å². The minimum atomic E-state index is -3.94. The monoisotopic (exact) mass is 476 g/mol. The van der Waals surface area contributed by atoms with Gasteiger partial charge in [-0.2, -0.15) is 8.42 Å². The third-order valence-electron chi connectivity index (χ3n) is 5.36. The number of hydrogen-bond acceptors (Lipinski definition) is 9. The van der Waals surface area contributed by atoms with Crippen LogP contribution in [-0.2, 0) is 20.9 Å². The summed E-state index contributed by atoms with van der Waals surface area (Å²) in [5.41, 5.74) is 1.41. The molecule has 3 aromatic rings. The predicted molar refractivity (Wildman–Crippen MR) is 120 cm³/mol. The summed E-state index contributed by atoms with van der Waals surface area (Å²) in [6.07, 6.45) is 5.83. The molecule has 32 heavy (non-hydrogen) atoms. The molecule has 11 heteroatoms. The Morgan fingerprint density at radius 3 is 2.97 bits per heavy atom. The van der Waals surface area contributed by atoms with E-state index in [9.17, 15) is 13.2 Å². The van der Waals surface area contributed by atoms with E-state index in [0.717, 1.165) is 29.9 Å². The highest BCUT2D eigenvalue weighted by Gasteiger charge is 2.28. The van der Waals surface area contributed by atoms with Crippen molar-refractivity contribution in [2.24, 2.45) is 11.1 Å². The van der Waals surface area contributed by atoms with Crippen molar-refractivity contribution >= 4 is 33.2 Å². The highest BCUT2D eigenvalue weighted by molar-refractivity contribution is 7.84. The number of hydrogen-bond donors (Lipinski definition) is 2. The maximum Gasteiger partial charge on any atom is 0.333 e. The van der Waals surface area contributed by atoms with Crippen LogP contribution >= 0.6 is 11.3 Å². The maximum absolute atomic E-state index is 13.2. The average Bonchev–Trinajstić information content (AvgIpc) is 3.48. The molecule has 2 atom stereocenters. The number of ketones is 1. The van der Waals surface area contributed by atoms with Gasteiger partial charge in [-0.05, 0) is 61.2 Å². The van der Waals surface area contributed by atoms with Crippen LogP contribution in [0, 0.1) is 12.8 Å². The quantitative estimate of drug-likeness (QED) is 0.450. The summed E-state index contributed by atoms with van der Waals surface area (Å²) in [7, 11) is -3.94. The van der Waals surface area contributed by atoms with Crippen molar-refractivity contribution in [3.05, 3.63) is 63.6 Å². The lowest BCUT2D eigenvalue weighted by Crippen LogP contribution is -2.22. The third-order valence-corrected chi connectivity index (χ3v) is 6.80. The van der Waals surface area contributed by atoms with E-state index < -0.39 is 10.3 Å². The SMILES string of the molecule is Cc1ccc(Cc2csc(C(=O)c3cncnc3NC3CC[C@@H](COS(N)(=O)=O)C3)c2)o1. The maximum atomic E-state index is 13.2. The number of carbonyl (C=O) groups excluding carboxylic acids is 1. The fourth-order valence-electron chi connectivity index (χ4n) is 3.85. The van der Waals surface area contributed by atoms with Gasteiger partial charge in [-0.15, -0.1) is 11.3 Å². The lowest BCUT2D eigenvalue weighted by atomic mass is 10.1. The number of anilines is 1. The van der Waals surface area contributed by atoms with Crippen molar-refractivity contribution in [1.82, 2.24) is 9.97 Å². The van der Waals surface area contributed by atoms with Gasteiger partial charge in [0.05, 0.1) is 17.0 Å². The summed E-state index contributed by atoms with van der Waals surface area (Å²) in [5.74, 6) is 2.10. The Morgan fingerprint density at radius 1 is 1.38 bits per heavy atom. The zero-order chi connectivity index (χ0) is 22.7. The standard InChI is InChI=1S/C21H24N4O5S2/c1-13-2-5-17(30-13)7-15-8-19(31-11-15)20(26)18-9-23-12-24-21(18)25-16-4-3-14(6-16)10-29-32(22,27)28/h2,5,8-9,11-12,14,16H,3-4,6-7,10H2,1H3,(H2,22,27,28)(H,23,24,25)/t14-,16?/m1/s1. The summed E-state index contributed by atoms with van der Waals surface area (Å²) in [6, 6.07) is 5.77. The lowest BCUT2D eigenvalue weighted by Gasteiger charge is -2.15. The summed E-state index contributed by atoms with van der Waals surface area (Å²) in [5, 5.41) is 10.2. The van der Waals surface area contributed by atoms with Crippen molar-refractivity contribution in [3.63, 3.8) is 0 Å². The number of furan rings is 1. The van der Waals surface area contributed by atoms with Crippen molar-refractivity contribution in [3.8, 4) is 0 Å². The molecule has 3 heterocycles. The van der Waals surface area contributed by atoms with Gasteiger partial charge >= 0.3 is 10.3 Å². The first kappa shape index (κ1) is 22.6. The van der Waals surface area contributed by atoms with Crippen molar-refractivity contribution < 1.29 is 21.8 Å². The van der Waals surface area contributed by atoms with Crippen LogP contribution in [0.1, 0.15) is 51.6 Å². The second-order valence-corrected chi connectivity index (χ2v) is 10.1. The van der Waals surface area contributed by atoms with Gasteiger partial charge in [0.25, 0.3) is 0 Å². The van der Waals surface area contributed by atoms with Crippen LogP contribution in [-0.4, -0.2) is 36.8 Å². The molecule has 0 saturated heterocycles. The molecular weight excluding hydrogens is 452 g/mol. The van der Waals surface area contributed by atoms with Crippen LogP contribution in [0.2, 0.25) is 0 Å². The zero-order valence-electron chi connectivity index (χ0n) is 17.5. The van der Waals surface area contributed by atoms with Crippen LogP contribution in [0.3, 0.4) is 0 Å². The minimum Gasteiger partial charge on any atom is -0.466 e. The van der Waals surface area contributed by atoms with Crippen LogP contribution < -0.4 is 10.5 Å². The van der Waals surface area contributed by atoms with E-state index in [1.54, 1.807) is 0 Å². The first-order valence-electron chi connectivity index (χ1n) is 10.2. The number of carbonyl (C=O) groups is 1. The van der Waals surface area contributed by atoms with Gasteiger partial charge in [-0.25, -0.2) is 15.1 Å². The number of rotatable bonds is 9. The van der Waals surface area contributed by atoms with Gasteiger partial charge in [0.1, 0.15) is 23.7 Å². The summed E-state index contributed by atoms with van der Waals surface area (Å²) in [6.45, 7) is 1.95. The molecule has 0 amide bonds.